The van der Waals surface area contributed by atoms with Gasteiger partial charge >= 0.3 is 0 Å². The monoisotopic (exact) mass is 653 g/mol. The summed E-state index contributed by atoms with van der Waals surface area (Å²) in [4.78, 5) is 29.2. The third-order valence-electron chi connectivity index (χ3n) is 7.74. The van der Waals surface area contributed by atoms with Gasteiger partial charge in [-0.25, -0.2) is 8.42 Å². The minimum absolute atomic E-state index is 0.0882. The summed E-state index contributed by atoms with van der Waals surface area (Å²) in [6.45, 7) is 7.10. The van der Waals surface area contributed by atoms with Crippen molar-refractivity contribution >= 4 is 43.5 Å². The van der Waals surface area contributed by atoms with Crippen LogP contribution in [0, 0.1) is 20.8 Å². The van der Waals surface area contributed by atoms with E-state index < -0.39 is 28.5 Å². The Morgan fingerprint density at radius 1 is 0.905 bits per heavy atom. The summed E-state index contributed by atoms with van der Waals surface area (Å²) in [5, 5.41) is 3.14. The molecule has 0 aromatic heterocycles. The number of anilines is 1. The Morgan fingerprint density at radius 2 is 1.55 bits per heavy atom. The maximum absolute atomic E-state index is 14.2. The molecule has 0 heterocycles. The Bertz CT molecular complexity index is 1500. The third-order valence-corrected chi connectivity index (χ3v) is 10.0. The van der Waals surface area contributed by atoms with Crippen molar-refractivity contribution in [3.63, 3.8) is 0 Å². The van der Waals surface area contributed by atoms with E-state index in [4.69, 9.17) is 0 Å². The number of aryl methyl sites for hydroxylation is 3. The van der Waals surface area contributed by atoms with Gasteiger partial charge in [0.05, 0.1) is 10.6 Å². The first-order valence-corrected chi connectivity index (χ1v) is 16.7. The van der Waals surface area contributed by atoms with Crippen molar-refractivity contribution in [2.24, 2.45) is 0 Å². The number of benzene rings is 3. The lowest BCUT2D eigenvalue weighted by Gasteiger charge is -2.33. The van der Waals surface area contributed by atoms with Gasteiger partial charge in [-0.05, 0) is 93.6 Å². The molecule has 1 unspecified atom stereocenters. The van der Waals surface area contributed by atoms with Crippen LogP contribution in [0.4, 0.5) is 5.69 Å². The van der Waals surface area contributed by atoms with Crippen molar-refractivity contribution in [1.82, 2.24) is 10.2 Å². The van der Waals surface area contributed by atoms with Gasteiger partial charge < -0.3 is 10.2 Å². The number of hydrogen-bond donors (Lipinski definition) is 1. The quantitative estimate of drug-likeness (QED) is 0.273. The van der Waals surface area contributed by atoms with E-state index >= 15 is 0 Å². The van der Waals surface area contributed by atoms with Gasteiger partial charge in [-0.1, -0.05) is 71.1 Å². The number of halogens is 1. The fraction of sp³-hybridized carbons (Fsp3) is 0.394. The highest BCUT2D eigenvalue weighted by Crippen LogP contribution is 2.27. The highest BCUT2D eigenvalue weighted by atomic mass is 79.9. The van der Waals surface area contributed by atoms with Crippen LogP contribution in [0.1, 0.15) is 61.3 Å². The first kappa shape index (κ1) is 31.8. The number of sulfonamides is 1. The van der Waals surface area contributed by atoms with Gasteiger partial charge in [0.15, 0.2) is 0 Å². The number of nitrogens with zero attached hydrogens (tertiary/aromatic N) is 2. The second-order valence-corrected chi connectivity index (χ2v) is 14.1. The molecule has 0 radical (unpaired) electrons. The van der Waals surface area contributed by atoms with E-state index in [1.165, 1.54) is 15.6 Å². The average molecular weight is 655 g/mol. The molecule has 2 amide bonds. The molecule has 0 saturated heterocycles. The van der Waals surface area contributed by atoms with Gasteiger partial charge in [0.1, 0.15) is 12.6 Å². The molecule has 1 saturated carbocycles. The van der Waals surface area contributed by atoms with Crippen LogP contribution >= 0.6 is 15.9 Å². The molecule has 4 rings (SSSR count). The zero-order valence-corrected chi connectivity index (χ0v) is 27.2. The van der Waals surface area contributed by atoms with E-state index in [-0.39, 0.29) is 23.4 Å². The van der Waals surface area contributed by atoms with Crippen LogP contribution in [0.25, 0.3) is 0 Å². The summed E-state index contributed by atoms with van der Waals surface area (Å²) in [7, 11) is -4.10. The van der Waals surface area contributed by atoms with Gasteiger partial charge in [-0.15, -0.1) is 0 Å². The highest BCUT2D eigenvalue weighted by molar-refractivity contribution is 9.10. The van der Waals surface area contributed by atoms with Gasteiger partial charge in [0, 0.05) is 17.1 Å². The van der Waals surface area contributed by atoms with Gasteiger partial charge in [-0.3, -0.25) is 13.9 Å². The number of amides is 2. The van der Waals surface area contributed by atoms with E-state index in [0.717, 1.165) is 52.4 Å². The van der Waals surface area contributed by atoms with Crippen molar-refractivity contribution in [3.05, 3.63) is 93.5 Å². The SMILES string of the molecule is Cc1ccc(S(=O)(=O)N(CC(=O)N(Cc2cccc(Br)c2)C(C)C(=O)NC2CCCCC2)c2cc(C)cc(C)c2)cc1. The molecule has 1 atom stereocenters. The van der Waals surface area contributed by atoms with Crippen LogP contribution in [0.3, 0.4) is 0 Å². The third kappa shape index (κ3) is 8.01. The van der Waals surface area contributed by atoms with E-state index in [2.05, 4.69) is 21.2 Å². The van der Waals surface area contributed by atoms with Crippen molar-refractivity contribution < 1.29 is 18.0 Å². The minimum Gasteiger partial charge on any atom is -0.352 e. The Hall–Kier alpha value is -3.17. The van der Waals surface area contributed by atoms with E-state index in [0.29, 0.717) is 5.69 Å². The van der Waals surface area contributed by atoms with Crippen molar-refractivity contribution in [3.8, 4) is 0 Å². The first-order valence-electron chi connectivity index (χ1n) is 14.5. The van der Waals surface area contributed by atoms with Gasteiger partial charge in [0.2, 0.25) is 11.8 Å². The molecule has 3 aromatic carbocycles. The average Bonchev–Trinajstić information content (AvgIpc) is 2.94. The van der Waals surface area contributed by atoms with E-state index in [9.17, 15) is 18.0 Å². The molecule has 7 nitrogen and oxygen atoms in total. The lowest BCUT2D eigenvalue weighted by Crippen LogP contribution is -2.53. The predicted octanol–water partition coefficient (Wildman–Crippen LogP) is 6.44. The molecule has 42 heavy (non-hydrogen) atoms. The molecule has 1 fully saturated rings. The minimum atomic E-state index is -4.10. The Kier molecular flexibility index (Phi) is 10.5. The molecule has 0 aliphatic heterocycles. The summed E-state index contributed by atoms with van der Waals surface area (Å²) >= 11 is 3.49. The summed E-state index contributed by atoms with van der Waals surface area (Å²) in [6.07, 6.45) is 5.16. The molecule has 9 heteroatoms. The first-order chi connectivity index (χ1) is 19.9. The normalized spacial score (nSPS) is 14.7. The molecule has 224 valence electrons. The molecule has 1 N–H and O–H groups in total. The maximum atomic E-state index is 14.2. The smallest absolute Gasteiger partial charge is 0.264 e. The zero-order valence-electron chi connectivity index (χ0n) is 24.8. The largest absolute Gasteiger partial charge is 0.352 e. The zero-order chi connectivity index (χ0) is 30.4. The molecule has 3 aromatic rings. The lowest BCUT2D eigenvalue weighted by molar-refractivity contribution is -0.139. The number of nitrogens with one attached hydrogen (secondary N) is 1. The molecule has 1 aliphatic rings. The van der Waals surface area contributed by atoms with Crippen LogP contribution in [0.2, 0.25) is 0 Å². The van der Waals surface area contributed by atoms with Gasteiger partial charge in [-0.2, -0.15) is 0 Å². The van der Waals surface area contributed by atoms with Crippen molar-refractivity contribution in [1.29, 1.82) is 0 Å². The van der Waals surface area contributed by atoms with Crippen molar-refractivity contribution in [2.75, 3.05) is 10.8 Å². The number of carbonyl (C=O) groups is 2. The summed E-state index contributed by atoms with van der Waals surface area (Å²) in [6, 6.07) is 18.9. The highest BCUT2D eigenvalue weighted by Gasteiger charge is 2.33. The van der Waals surface area contributed by atoms with E-state index in [1.807, 2.05) is 51.1 Å². The Morgan fingerprint density at radius 3 is 2.17 bits per heavy atom. The second kappa shape index (κ2) is 13.9. The topological polar surface area (TPSA) is 86.8 Å². The molecule has 0 spiro atoms. The summed E-state index contributed by atoms with van der Waals surface area (Å²) < 4.78 is 30.1. The Labute approximate surface area is 258 Å². The summed E-state index contributed by atoms with van der Waals surface area (Å²) in [5.74, 6) is -0.694. The van der Waals surface area contributed by atoms with Crippen LogP contribution in [-0.2, 0) is 26.2 Å². The van der Waals surface area contributed by atoms with Crippen LogP contribution in [0.15, 0.2) is 76.1 Å². The predicted molar refractivity (Wildman–Crippen MR) is 171 cm³/mol. The van der Waals surface area contributed by atoms with Crippen LogP contribution in [0.5, 0.6) is 0 Å². The molecular weight excluding hydrogens is 614 g/mol. The molecule has 1 aliphatic carbocycles. The number of rotatable bonds is 10. The van der Waals surface area contributed by atoms with Crippen LogP contribution in [-0.4, -0.2) is 43.8 Å². The fourth-order valence-corrected chi connectivity index (χ4v) is 7.29. The summed E-state index contributed by atoms with van der Waals surface area (Å²) in [5.41, 5.74) is 3.93. The fourth-order valence-electron chi connectivity index (χ4n) is 5.44. The number of carbonyl (C=O) groups excluding carboxylic acids is 2. The second-order valence-electron chi connectivity index (χ2n) is 11.3. The Balaban J connectivity index is 1.70. The number of hydrogen-bond acceptors (Lipinski definition) is 4. The van der Waals surface area contributed by atoms with Crippen molar-refractivity contribution in [2.45, 2.75) is 83.3 Å². The van der Waals surface area contributed by atoms with Gasteiger partial charge in [0.25, 0.3) is 10.0 Å². The standard InChI is InChI=1S/C33H40BrN3O4S/c1-23-13-15-31(16-14-23)42(40,41)37(30-18-24(2)17-25(3)19-30)22-32(38)36(21-27-9-8-10-28(34)20-27)26(4)33(39)35-29-11-6-5-7-12-29/h8-10,13-20,26,29H,5-7,11-12,21-22H2,1-4H3,(H,35,39). The lowest BCUT2D eigenvalue weighted by atomic mass is 9.95. The van der Waals surface area contributed by atoms with E-state index in [1.54, 1.807) is 43.3 Å². The maximum Gasteiger partial charge on any atom is 0.264 e. The van der Waals surface area contributed by atoms with Crippen LogP contribution < -0.4 is 9.62 Å². The molecule has 0 bridgehead atoms. The molecular formula is C33H40BrN3O4S.